The van der Waals surface area contributed by atoms with Gasteiger partial charge >= 0.3 is 0 Å². The van der Waals surface area contributed by atoms with Crippen molar-refractivity contribution in [2.75, 3.05) is 4.90 Å². The predicted molar refractivity (Wildman–Crippen MR) is 143 cm³/mol. The van der Waals surface area contributed by atoms with Crippen molar-refractivity contribution in [3.63, 3.8) is 0 Å². The van der Waals surface area contributed by atoms with Crippen molar-refractivity contribution < 1.29 is 9.59 Å². The number of benzene rings is 3. The lowest BCUT2D eigenvalue weighted by Crippen LogP contribution is -2.47. The van der Waals surface area contributed by atoms with Crippen LogP contribution in [0.4, 0.5) is 5.69 Å². The van der Waals surface area contributed by atoms with E-state index in [1.165, 1.54) is 6.42 Å². The van der Waals surface area contributed by atoms with Crippen molar-refractivity contribution in [1.82, 2.24) is 14.9 Å². The number of hydrogen-bond acceptors (Lipinski definition) is 5. The molecule has 2 amide bonds. The highest BCUT2D eigenvalue weighted by atomic mass is 32.1. The summed E-state index contributed by atoms with van der Waals surface area (Å²) in [6.45, 7) is 0. The molecule has 3 aromatic carbocycles. The third-order valence-corrected chi connectivity index (χ3v) is 7.12. The molecule has 0 unspecified atom stereocenters. The minimum absolute atomic E-state index is 0.111. The molecule has 1 atom stereocenters. The minimum Gasteiger partial charge on any atom is -0.351 e. The zero-order valence-electron chi connectivity index (χ0n) is 19.9. The maximum Gasteiger partial charge on any atom is 0.280 e. The fourth-order valence-corrected chi connectivity index (χ4v) is 5.30. The summed E-state index contributed by atoms with van der Waals surface area (Å²) in [7, 11) is 0. The average Bonchev–Trinajstić information content (AvgIpc) is 3.48. The third kappa shape index (κ3) is 5.21. The van der Waals surface area contributed by atoms with E-state index >= 15 is 0 Å². The van der Waals surface area contributed by atoms with Crippen LogP contribution in [0.2, 0.25) is 0 Å². The molecule has 36 heavy (non-hydrogen) atoms. The van der Waals surface area contributed by atoms with Gasteiger partial charge in [-0.1, -0.05) is 103 Å². The second kappa shape index (κ2) is 11.3. The number of rotatable bonds is 7. The van der Waals surface area contributed by atoms with Gasteiger partial charge in [0.2, 0.25) is 5.91 Å². The summed E-state index contributed by atoms with van der Waals surface area (Å²) in [6.07, 6.45) is 5.31. The maximum absolute atomic E-state index is 14.1. The Morgan fingerprint density at radius 1 is 0.861 bits per heavy atom. The lowest BCUT2D eigenvalue weighted by molar-refractivity contribution is -0.123. The van der Waals surface area contributed by atoms with Gasteiger partial charge in [-0.25, -0.2) is 0 Å². The van der Waals surface area contributed by atoms with Gasteiger partial charge in [0.15, 0.2) is 5.69 Å². The van der Waals surface area contributed by atoms with Crippen LogP contribution in [0.25, 0.3) is 11.1 Å². The molecule has 182 valence electrons. The fourth-order valence-electron chi connectivity index (χ4n) is 4.87. The van der Waals surface area contributed by atoms with Gasteiger partial charge in [0.05, 0.1) is 5.69 Å². The number of aromatic nitrogens is 2. The molecule has 5 rings (SSSR count). The van der Waals surface area contributed by atoms with Crippen LogP contribution in [0.3, 0.4) is 0 Å². The van der Waals surface area contributed by atoms with E-state index in [-0.39, 0.29) is 23.6 Å². The lowest BCUT2D eigenvalue weighted by Gasteiger charge is -2.34. The van der Waals surface area contributed by atoms with Gasteiger partial charge in [-0.2, -0.15) is 0 Å². The molecule has 1 N–H and O–H groups in total. The Kier molecular flexibility index (Phi) is 7.47. The topological polar surface area (TPSA) is 75.2 Å². The van der Waals surface area contributed by atoms with Crippen LogP contribution in [0, 0.1) is 0 Å². The molecule has 1 aliphatic rings. The SMILES string of the molecule is O=C(NC1CCCCC1)[C@@H](c1ccccc1)N(C(=O)c1csnn1)c1ccccc1-c1ccccc1. The zero-order valence-corrected chi connectivity index (χ0v) is 20.7. The molecule has 0 saturated heterocycles. The van der Waals surface area contributed by atoms with E-state index in [2.05, 4.69) is 14.9 Å². The molecule has 0 aliphatic heterocycles. The number of carbonyl (C=O) groups is 2. The van der Waals surface area contributed by atoms with Gasteiger partial charge in [-0.15, -0.1) is 5.10 Å². The molecule has 1 heterocycles. The van der Waals surface area contributed by atoms with E-state index in [1.54, 1.807) is 10.3 Å². The summed E-state index contributed by atoms with van der Waals surface area (Å²) >= 11 is 1.12. The Bertz CT molecular complexity index is 1290. The summed E-state index contributed by atoms with van der Waals surface area (Å²) in [5.74, 6) is -0.549. The van der Waals surface area contributed by atoms with Gasteiger partial charge < -0.3 is 5.32 Å². The van der Waals surface area contributed by atoms with Crippen molar-refractivity contribution in [3.8, 4) is 11.1 Å². The number of hydrogen-bond donors (Lipinski definition) is 1. The quantitative estimate of drug-likeness (QED) is 0.338. The van der Waals surface area contributed by atoms with Gasteiger partial charge in [-0.05, 0) is 41.6 Å². The molecule has 1 aliphatic carbocycles. The summed E-state index contributed by atoms with van der Waals surface area (Å²) in [4.78, 5) is 29.7. The normalized spacial score (nSPS) is 14.7. The first-order valence-electron chi connectivity index (χ1n) is 12.3. The van der Waals surface area contributed by atoms with E-state index in [1.807, 2.05) is 84.9 Å². The molecular weight excluding hydrogens is 468 g/mol. The largest absolute Gasteiger partial charge is 0.351 e. The average molecular weight is 497 g/mol. The maximum atomic E-state index is 14.1. The van der Waals surface area contributed by atoms with Crippen molar-refractivity contribution in [2.24, 2.45) is 0 Å². The highest BCUT2D eigenvalue weighted by molar-refractivity contribution is 7.03. The molecule has 6 nitrogen and oxygen atoms in total. The second-order valence-electron chi connectivity index (χ2n) is 9.01. The van der Waals surface area contributed by atoms with Crippen LogP contribution in [0.15, 0.2) is 90.3 Å². The van der Waals surface area contributed by atoms with Gasteiger partial charge in [0, 0.05) is 17.0 Å². The summed E-state index contributed by atoms with van der Waals surface area (Å²) in [6, 6.07) is 26.3. The standard InChI is InChI=1S/C29H28N4O2S/c34-28(30-23-16-8-3-9-17-23)27(22-14-6-2-7-15-22)33(29(35)25-20-36-32-31-25)26-19-11-10-18-24(26)21-12-4-1-5-13-21/h1-2,4-7,10-15,18-20,23,27H,3,8-9,16-17H2,(H,30,34)/t27-/m1/s1. The molecular formula is C29H28N4O2S. The van der Waals surface area contributed by atoms with E-state index < -0.39 is 6.04 Å². The smallest absolute Gasteiger partial charge is 0.280 e. The summed E-state index contributed by atoms with van der Waals surface area (Å²) < 4.78 is 3.91. The Morgan fingerprint density at radius 3 is 2.22 bits per heavy atom. The molecule has 1 fully saturated rings. The fraction of sp³-hybridized carbons (Fsp3) is 0.241. The van der Waals surface area contributed by atoms with Crippen LogP contribution in [-0.4, -0.2) is 27.4 Å². The number of anilines is 1. The van der Waals surface area contributed by atoms with Crippen LogP contribution in [-0.2, 0) is 4.79 Å². The molecule has 0 spiro atoms. The number of amides is 2. The van der Waals surface area contributed by atoms with E-state index in [9.17, 15) is 9.59 Å². The van der Waals surface area contributed by atoms with Crippen LogP contribution in [0.1, 0.15) is 54.2 Å². The van der Waals surface area contributed by atoms with Gasteiger partial charge in [0.1, 0.15) is 6.04 Å². The Hall–Kier alpha value is -3.84. The molecule has 0 bridgehead atoms. The van der Waals surface area contributed by atoms with Crippen LogP contribution in [0.5, 0.6) is 0 Å². The monoisotopic (exact) mass is 496 g/mol. The van der Waals surface area contributed by atoms with Gasteiger partial charge in [0.25, 0.3) is 5.91 Å². The van der Waals surface area contributed by atoms with Crippen molar-refractivity contribution >= 4 is 29.0 Å². The third-order valence-electron chi connectivity index (χ3n) is 6.62. The number of para-hydroxylation sites is 1. The van der Waals surface area contributed by atoms with Crippen molar-refractivity contribution in [3.05, 3.63) is 102 Å². The minimum atomic E-state index is -0.868. The first-order valence-corrected chi connectivity index (χ1v) is 13.2. The van der Waals surface area contributed by atoms with E-state index in [0.29, 0.717) is 5.69 Å². The zero-order chi connectivity index (χ0) is 24.7. The molecule has 1 aromatic heterocycles. The Morgan fingerprint density at radius 2 is 1.53 bits per heavy atom. The first kappa shape index (κ1) is 23.9. The number of nitrogens with one attached hydrogen (secondary N) is 1. The Balaban J connectivity index is 1.65. The van der Waals surface area contributed by atoms with Crippen molar-refractivity contribution in [1.29, 1.82) is 0 Å². The predicted octanol–water partition coefficient (Wildman–Crippen LogP) is 6.04. The summed E-state index contributed by atoms with van der Waals surface area (Å²) in [5.41, 5.74) is 3.43. The number of nitrogens with zero attached hydrogens (tertiary/aromatic N) is 3. The molecule has 1 saturated carbocycles. The van der Waals surface area contributed by atoms with Crippen LogP contribution < -0.4 is 10.2 Å². The lowest BCUT2D eigenvalue weighted by atomic mass is 9.94. The Labute approximate surface area is 215 Å². The van der Waals surface area contributed by atoms with Gasteiger partial charge in [-0.3, -0.25) is 14.5 Å². The summed E-state index contributed by atoms with van der Waals surface area (Å²) in [5, 5.41) is 8.95. The van der Waals surface area contributed by atoms with Crippen molar-refractivity contribution in [2.45, 2.75) is 44.2 Å². The second-order valence-corrected chi connectivity index (χ2v) is 9.62. The molecule has 0 radical (unpaired) electrons. The molecule has 7 heteroatoms. The van der Waals surface area contributed by atoms with E-state index in [4.69, 9.17) is 0 Å². The van der Waals surface area contributed by atoms with E-state index in [0.717, 1.165) is 53.9 Å². The van der Waals surface area contributed by atoms with Crippen LogP contribution >= 0.6 is 11.5 Å². The highest BCUT2D eigenvalue weighted by Gasteiger charge is 2.36. The molecule has 4 aromatic rings. The highest BCUT2D eigenvalue weighted by Crippen LogP contribution is 2.37. The first-order chi connectivity index (χ1) is 17.7. The number of carbonyl (C=O) groups excluding carboxylic acids is 2.